The van der Waals surface area contributed by atoms with Crippen LogP contribution in [0.5, 0.6) is 0 Å². The average Bonchev–Trinajstić information content (AvgIpc) is 2.98. The van der Waals surface area contributed by atoms with E-state index in [9.17, 15) is 23.1 Å². The first-order chi connectivity index (χ1) is 14.6. The van der Waals surface area contributed by atoms with Gasteiger partial charge in [-0.3, -0.25) is 0 Å². The van der Waals surface area contributed by atoms with Gasteiger partial charge in [0.15, 0.2) is 11.9 Å². The Hall–Kier alpha value is -1.80. The molecule has 1 fully saturated rings. The number of carbonyl (C=O) groups excluding carboxylic acids is 1. The van der Waals surface area contributed by atoms with E-state index in [0.717, 1.165) is 12.1 Å². The monoisotopic (exact) mass is 490 g/mol. The maximum atomic E-state index is 14.3. The molecule has 1 saturated heterocycles. The van der Waals surface area contributed by atoms with Crippen molar-refractivity contribution in [3.63, 3.8) is 0 Å². The third kappa shape index (κ3) is 4.91. The lowest BCUT2D eigenvalue weighted by atomic mass is 9.83. The van der Waals surface area contributed by atoms with Crippen LogP contribution in [0, 0.1) is 6.92 Å². The van der Waals surface area contributed by atoms with Crippen molar-refractivity contribution in [1.82, 2.24) is 0 Å². The predicted molar refractivity (Wildman–Crippen MR) is 115 cm³/mol. The van der Waals surface area contributed by atoms with Crippen molar-refractivity contribution in [2.45, 2.75) is 63.7 Å². The minimum Gasteiger partial charge on any atom is -0.456 e. The molecule has 1 N–H and O–H groups in total. The van der Waals surface area contributed by atoms with Crippen LogP contribution < -0.4 is 0 Å². The number of halogens is 5. The first-order valence-corrected chi connectivity index (χ1v) is 10.6. The molecule has 2 aromatic carbocycles. The number of hydrogen-bond donors (Lipinski definition) is 1. The molecule has 4 nitrogen and oxygen atoms in total. The predicted octanol–water partition coefficient (Wildman–Crippen LogP) is 6.54. The Morgan fingerprint density at radius 2 is 1.72 bits per heavy atom. The molecule has 3 atom stereocenters. The molecule has 0 spiro atoms. The zero-order valence-corrected chi connectivity index (χ0v) is 19.4. The first kappa shape index (κ1) is 24.8. The van der Waals surface area contributed by atoms with E-state index in [4.69, 9.17) is 32.7 Å². The Balaban J connectivity index is 1.98. The van der Waals surface area contributed by atoms with Crippen molar-refractivity contribution in [3.05, 3.63) is 68.7 Å². The van der Waals surface area contributed by atoms with Crippen molar-refractivity contribution in [2.24, 2.45) is 0 Å². The second kappa shape index (κ2) is 8.52. The second-order valence-electron chi connectivity index (χ2n) is 8.88. The number of benzene rings is 2. The topological polar surface area (TPSA) is 55.8 Å². The minimum atomic E-state index is -4.84. The van der Waals surface area contributed by atoms with E-state index in [2.05, 4.69) is 0 Å². The molecule has 0 radical (unpaired) electrons. The van der Waals surface area contributed by atoms with Crippen molar-refractivity contribution in [3.8, 4) is 0 Å². The molecule has 3 unspecified atom stereocenters. The number of carbonyl (C=O) groups is 1. The highest BCUT2D eigenvalue weighted by Gasteiger charge is 2.64. The Morgan fingerprint density at radius 1 is 1.12 bits per heavy atom. The molecule has 3 rings (SSSR count). The van der Waals surface area contributed by atoms with E-state index in [1.807, 2.05) is 0 Å². The summed E-state index contributed by atoms with van der Waals surface area (Å²) in [5.41, 5.74) is -2.56. The molecule has 174 valence electrons. The number of aliphatic hydroxyl groups excluding tert-OH is 1. The average molecular weight is 491 g/mol. The standard InChI is InChI=1S/C23H23Cl2F3O4/c1-12-7-13(5-6-17(12)19(29)31-21(2,3)4)18-11-22(23(26,27)28,32-20(18)30)14-8-15(24)10-16(25)9-14/h5-10,18,20,30H,11H2,1-4H3. The van der Waals surface area contributed by atoms with E-state index in [0.29, 0.717) is 16.7 Å². The van der Waals surface area contributed by atoms with Crippen LogP contribution in [0.1, 0.15) is 60.2 Å². The van der Waals surface area contributed by atoms with Gasteiger partial charge in [-0.25, -0.2) is 4.79 Å². The van der Waals surface area contributed by atoms with Gasteiger partial charge in [-0.05, 0) is 68.7 Å². The molecule has 0 amide bonds. The summed E-state index contributed by atoms with van der Waals surface area (Å²) in [5, 5.41) is 10.5. The molecule has 0 aromatic heterocycles. The van der Waals surface area contributed by atoms with Crippen LogP contribution in [-0.2, 0) is 15.1 Å². The van der Waals surface area contributed by atoms with Gasteiger partial charge in [-0.1, -0.05) is 35.3 Å². The number of ether oxygens (including phenoxy) is 2. The summed E-state index contributed by atoms with van der Waals surface area (Å²) < 4.78 is 53.3. The van der Waals surface area contributed by atoms with E-state index >= 15 is 0 Å². The Kier molecular flexibility index (Phi) is 6.61. The van der Waals surface area contributed by atoms with Crippen LogP contribution in [0.25, 0.3) is 0 Å². The molecule has 9 heteroatoms. The number of rotatable bonds is 3. The summed E-state index contributed by atoms with van der Waals surface area (Å²) in [4.78, 5) is 12.4. The third-order valence-corrected chi connectivity index (χ3v) is 5.69. The first-order valence-electron chi connectivity index (χ1n) is 9.86. The van der Waals surface area contributed by atoms with Crippen molar-refractivity contribution in [2.75, 3.05) is 0 Å². The fourth-order valence-corrected chi connectivity index (χ4v) is 4.35. The number of alkyl halides is 3. The van der Waals surface area contributed by atoms with Crippen molar-refractivity contribution < 1.29 is 32.5 Å². The summed E-state index contributed by atoms with van der Waals surface area (Å²) >= 11 is 11.9. The van der Waals surface area contributed by atoms with Crippen LogP contribution in [0.15, 0.2) is 36.4 Å². The van der Waals surface area contributed by atoms with Crippen LogP contribution in [0.2, 0.25) is 10.0 Å². The highest BCUT2D eigenvalue weighted by Crippen LogP contribution is 2.55. The number of hydrogen-bond acceptors (Lipinski definition) is 4. The van der Waals surface area contributed by atoms with Gasteiger partial charge in [0.25, 0.3) is 0 Å². The summed E-state index contributed by atoms with van der Waals surface area (Å²) in [7, 11) is 0. The summed E-state index contributed by atoms with van der Waals surface area (Å²) in [5.74, 6) is -1.54. The van der Waals surface area contributed by atoms with Crippen LogP contribution >= 0.6 is 23.2 Å². The molecular formula is C23H23Cl2F3O4. The van der Waals surface area contributed by atoms with Gasteiger partial charge in [0, 0.05) is 22.4 Å². The maximum absolute atomic E-state index is 14.3. The van der Waals surface area contributed by atoms with E-state index in [-0.39, 0.29) is 15.6 Å². The zero-order valence-electron chi connectivity index (χ0n) is 17.9. The molecule has 0 bridgehead atoms. The van der Waals surface area contributed by atoms with Gasteiger partial charge >= 0.3 is 12.1 Å². The lowest BCUT2D eigenvalue weighted by Crippen LogP contribution is -2.42. The smallest absolute Gasteiger partial charge is 0.421 e. The maximum Gasteiger partial charge on any atom is 0.421 e. The minimum absolute atomic E-state index is 0.0234. The number of aryl methyl sites for hydroxylation is 1. The molecule has 0 saturated carbocycles. The zero-order chi connectivity index (χ0) is 24.1. The van der Waals surface area contributed by atoms with Gasteiger partial charge in [0.05, 0.1) is 5.56 Å². The van der Waals surface area contributed by atoms with E-state index in [1.165, 1.54) is 18.2 Å². The quantitative estimate of drug-likeness (QED) is 0.496. The Morgan fingerprint density at radius 3 is 2.22 bits per heavy atom. The lowest BCUT2D eigenvalue weighted by molar-refractivity contribution is -0.297. The SMILES string of the molecule is Cc1cc(C2CC(c3cc(Cl)cc(Cl)c3)(C(F)(F)F)OC2O)ccc1C(=O)OC(C)(C)C. The van der Waals surface area contributed by atoms with Gasteiger partial charge in [0.1, 0.15) is 5.60 Å². The fourth-order valence-electron chi connectivity index (χ4n) is 3.83. The molecule has 0 aliphatic carbocycles. The Bertz CT molecular complexity index is 1010. The largest absolute Gasteiger partial charge is 0.456 e. The highest BCUT2D eigenvalue weighted by molar-refractivity contribution is 6.34. The number of esters is 1. The van der Waals surface area contributed by atoms with Crippen LogP contribution in [0.3, 0.4) is 0 Å². The van der Waals surface area contributed by atoms with Gasteiger partial charge in [-0.15, -0.1) is 0 Å². The van der Waals surface area contributed by atoms with Crippen LogP contribution in [0.4, 0.5) is 13.2 Å². The molecule has 1 aliphatic heterocycles. The summed E-state index contributed by atoms with van der Waals surface area (Å²) in [6, 6.07) is 8.13. The highest BCUT2D eigenvalue weighted by atomic mass is 35.5. The van der Waals surface area contributed by atoms with E-state index < -0.39 is 42.0 Å². The van der Waals surface area contributed by atoms with Gasteiger partial charge in [-0.2, -0.15) is 13.2 Å². The van der Waals surface area contributed by atoms with Crippen molar-refractivity contribution in [1.29, 1.82) is 0 Å². The Labute approximate surface area is 194 Å². The second-order valence-corrected chi connectivity index (χ2v) is 9.75. The van der Waals surface area contributed by atoms with Gasteiger partial charge < -0.3 is 14.6 Å². The molecule has 1 aliphatic rings. The number of aliphatic hydroxyl groups is 1. The molecule has 32 heavy (non-hydrogen) atoms. The molecular weight excluding hydrogens is 468 g/mol. The molecule has 2 aromatic rings. The third-order valence-electron chi connectivity index (χ3n) is 5.26. The normalized spacial score (nSPS) is 23.9. The summed E-state index contributed by atoms with van der Waals surface area (Å²) in [6.45, 7) is 6.86. The lowest BCUT2D eigenvalue weighted by Gasteiger charge is -2.31. The van der Waals surface area contributed by atoms with Crippen molar-refractivity contribution >= 4 is 29.2 Å². The van der Waals surface area contributed by atoms with E-state index in [1.54, 1.807) is 33.8 Å². The molecule has 1 heterocycles. The van der Waals surface area contributed by atoms with Crippen LogP contribution in [-0.4, -0.2) is 29.1 Å². The summed E-state index contributed by atoms with van der Waals surface area (Å²) in [6.07, 6.45) is -7.16. The van der Waals surface area contributed by atoms with Gasteiger partial charge in [0.2, 0.25) is 0 Å². The fraction of sp³-hybridized carbons (Fsp3) is 0.435.